The first-order valence-electron chi connectivity index (χ1n) is 10.6. The van der Waals surface area contributed by atoms with Gasteiger partial charge in [-0.25, -0.2) is 4.79 Å². The van der Waals surface area contributed by atoms with Gasteiger partial charge in [-0.05, 0) is 78.0 Å². The normalized spacial score (nSPS) is 33.2. The number of aromatic carboxylic acids is 1. The zero-order chi connectivity index (χ0) is 21.4. The summed E-state index contributed by atoms with van der Waals surface area (Å²) in [5.41, 5.74) is 2.93. The maximum absolute atomic E-state index is 13.5. The molecule has 2 saturated carbocycles. The average molecular weight is 405 g/mol. The van der Waals surface area contributed by atoms with E-state index in [1.165, 1.54) is 24.1 Å². The van der Waals surface area contributed by atoms with Gasteiger partial charge in [-0.1, -0.05) is 26.0 Å². The van der Waals surface area contributed by atoms with E-state index in [1.54, 1.807) is 18.2 Å². The highest BCUT2D eigenvalue weighted by Gasteiger charge is 2.70. The Balaban J connectivity index is 1.58. The maximum atomic E-state index is 13.5. The highest BCUT2D eigenvalue weighted by atomic mass is 16.4. The number of amides is 1. The van der Waals surface area contributed by atoms with Crippen molar-refractivity contribution in [1.29, 1.82) is 0 Å². The topological polar surface area (TPSA) is 77.8 Å². The van der Waals surface area contributed by atoms with Crippen LogP contribution in [0.3, 0.4) is 0 Å². The van der Waals surface area contributed by atoms with Crippen LogP contribution in [0, 0.1) is 17.3 Å². The zero-order valence-corrected chi connectivity index (χ0v) is 17.6. The number of phenols is 1. The summed E-state index contributed by atoms with van der Waals surface area (Å²) in [6, 6.07) is 12.0. The molecule has 0 aromatic heterocycles. The molecule has 5 heteroatoms. The van der Waals surface area contributed by atoms with Crippen LogP contribution in [0.5, 0.6) is 5.75 Å². The van der Waals surface area contributed by atoms with Gasteiger partial charge in [-0.15, -0.1) is 0 Å². The summed E-state index contributed by atoms with van der Waals surface area (Å²) in [6.45, 7) is 4.51. The fourth-order valence-electron chi connectivity index (χ4n) is 7.34. The quantitative estimate of drug-likeness (QED) is 0.806. The molecule has 2 aromatic carbocycles. The lowest BCUT2D eigenvalue weighted by Gasteiger charge is -2.53. The molecular formula is C25H27NO4. The molecule has 2 unspecified atom stereocenters. The predicted octanol–water partition coefficient (Wildman–Crippen LogP) is 4.09. The van der Waals surface area contributed by atoms with Crippen molar-refractivity contribution in [3.05, 3.63) is 64.7 Å². The number of carbonyl (C=O) groups excluding carboxylic acids is 1. The second-order valence-corrected chi connectivity index (χ2v) is 9.93. The first kappa shape index (κ1) is 19.2. The van der Waals surface area contributed by atoms with Crippen molar-refractivity contribution in [2.45, 2.75) is 44.6 Å². The number of aromatic hydroxyl groups is 1. The lowest BCUT2D eigenvalue weighted by molar-refractivity contribution is -0.0338. The molecule has 5 rings (SSSR count). The Kier molecular flexibility index (Phi) is 3.89. The molecule has 2 aromatic rings. The molecule has 30 heavy (non-hydrogen) atoms. The van der Waals surface area contributed by atoms with Gasteiger partial charge >= 0.3 is 5.97 Å². The van der Waals surface area contributed by atoms with Gasteiger partial charge in [0.05, 0.1) is 5.56 Å². The third kappa shape index (κ3) is 2.41. The van der Waals surface area contributed by atoms with Crippen LogP contribution in [0.1, 0.15) is 58.5 Å². The minimum absolute atomic E-state index is 0.00489. The summed E-state index contributed by atoms with van der Waals surface area (Å²) in [6.07, 6.45) is 3.18. The summed E-state index contributed by atoms with van der Waals surface area (Å²) < 4.78 is 0. The zero-order valence-electron chi connectivity index (χ0n) is 17.6. The monoisotopic (exact) mass is 405 g/mol. The minimum Gasteiger partial charge on any atom is -0.508 e. The van der Waals surface area contributed by atoms with Crippen LogP contribution in [-0.2, 0) is 11.8 Å². The Labute approximate surface area is 176 Å². The number of benzene rings is 2. The number of rotatable bonds is 3. The van der Waals surface area contributed by atoms with Crippen molar-refractivity contribution in [1.82, 2.24) is 4.90 Å². The molecule has 0 aliphatic heterocycles. The molecule has 2 fully saturated rings. The van der Waals surface area contributed by atoms with E-state index >= 15 is 0 Å². The Morgan fingerprint density at radius 2 is 1.87 bits per heavy atom. The molecule has 0 heterocycles. The molecule has 3 aliphatic rings. The van der Waals surface area contributed by atoms with Crippen LogP contribution in [0.25, 0.3) is 0 Å². The predicted molar refractivity (Wildman–Crippen MR) is 113 cm³/mol. The number of hydrogen-bond acceptors (Lipinski definition) is 3. The van der Waals surface area contributed by atoms with Gasteiger partial charge in [0.25, 0.3) is 5.91 Å². The number of carboxylic acids is 1. The van der Waals surface area contributed by atoms with E-state index < -0.39 is 5.97 Å². The van der Waals surface area contributed by atoms with Crippen molar-refractivity contribution < 1.29 is 19.8 Å². The maximum Gasteiger partial charge on any atom is 0.335 e. The summed E-state index contributed by atoms with van der Waals surface area (Å²) in [7, 11) is 1.85. The second kappa shape index (κ2) is 6.10. The number of hydrogen-bond donors (Lipinski definition) is 2. The van der Waals surface area contributed by atoms with Crippen molar-refractivity contribution in [3.8, 4) is 5.75 Å². The third-order valence-corrected chi connectivity index (χ3v) is 8.11. The standard InChI is InChI=1S/C25H27NO4/c1-14-11-25-12-17-7-8-18(27)10-19(17)24(2,13-25)21(20(14)25)26(3)22(28)15-5-4-6-16(9-15)23(29)30/h4-10,14,20-21,27H,11-13H2,1-3H3,(H,29,30)/t14?,20-,21+,24+,25?/m0/s1. The molecule has 0 saturated heterocycles. The third-order valence-electron chi connectivity index (χ3n) is 8.11. The number of carboxylic acid groups (broad SMARTS) is 1. The van der Waals surface area contributed by atoms with E-state index in [2.05, 4.69) is 13.8 Å². The SMILES string of the molecule is CC1CC23Cc4ccc(O)cc4[C@@](C)(C2)[C@H](N(C)C(=O)c2cccc(C(=O)O)c2)[C@H]13. The number of carbonyl (C=O) groups is 2. The lowest BCUT2D eigenvalue weighted by Crippen LogP contribution is -2.54. The van der Waals surface area contributed by atoms with Gasteiger partial charge in [0.1, 0.15) is 5.75 Å². The first-order chi connectivity index (χ1) is 14.2. The van der Waals surface area contributed by atoms with E-state index in [9.17, 15) is 19.8 Å². The second-order valence-electron chi connectivity index (χ2n) is 9.93. The Morgan fingerprint density at radius 1 is 1.13 bits per heavy atom. The summed E-state index contributed by atoms with van der Waals surface area (Å²) in [4.78, 5) is 26.7. The van der Waals surface area contributed by atoms with Crippen LogP contribution in [-0.4, -0.2) is 40.1 Å². The summed E-state index contributed by atoms with van der Waals surface area (Å²) >= 11 is 0. The van der Waals surface area contributed by atoms with Crippen molar-refractivity contribution >= 4 is 11.9 Å². The van der Waals surface area contributed by atoms with Crippen molar-refractivity contribution in [2.24, 2.45) is 17.3 Å². The summed E-state index contributed by atoms with van der Waals surface area (Å²) in [5.74, 6) is 0.00823. The van der Waals surface area contributed by atoms with E-state index in [-0.39, 0.29) is 34.1 Å². The van der Waals surface area contributed by atoms with E-state index in [0.717, 1.165) is 18.4 Å². The number of nitrogens with zero attached hydrogens (tertiary/aromatic N) is 1. The van der Waals surface area contributed by atoms with Crippen LogP contribution < -0.4 is 0 Å². The molecule has 2 bridgehead atoms. The van der Waals surface area contributed by atoms with Crippen LogP contribution >= 0.6 is 0 Å². The van der Waals surface area contributed by atoms with Crippen molar-refractivity contribution in [2.75, 3.05) is 7.05 Å². The first-order valence-corrected chi connectivity index (χ1v) is 10.6. The molecule has 0 radical (unpaired) electrons. The highest BCUT2D eigenvalue weighted by molar-refractivity contribution is 5.97. The molecule has 3 aliphatic carbocycles. The highest BCUT2D eigenvalue weighted by Crippen LogP contribution is 2.71. The van der Waals surface area contributed by atoms with Gasteiger partial charge in [-0.2, -0.15) is 0 Å². The van der Waals surface area contributed by atoms with Gasteiger partial charge in [-0.3, -0.25) is 4.79 Å². The smallest absolute Gasteiger partial charge is 0.335 e. The molecular weight excluding hydrogens is 378 g/mol. The van der Waals surface area contributed by atoms with Gasteiger partial charge < -0.3 is 15.1 Å². The largest absolute Gasteiger partial charge is 0.508 e. The lowest BCUT2D eigenvalue weighted by atomic mass is 9.52. The number of phenolic OH excluding ortho intramolecular Hbond substituents is 1. The van der Waals surface area contributed by atoms with Crippen LogP contribution in [0.2, 0.25) is 0 Å². The number of likely N-dealkylation sites (N-methyl/N-ethyl adjacent to an activating group) is 1. The molecule has 1 amide bonds. The van der Waals surface area contributed by atoms with Crippen LogP contribution in [0.15, 0.2) is 42.5 Å². The fourth-order valence-corrected chi connectivity index (χ4v) is 7.34. The molecule has 156 valence electrons. The van der Waals surface area contributed by atoms with Gasteiger partial charge in [0, 0.05) is 24.1 Å². The summed E-state index contributed by atoms with van der Waals surface area (Å²) in [5, 5.41) is 19.5. The molecule has 5 atom stereocenters. The van der Waals surface area contributed by atoms with E-state index in [4.69, 9.17) is 0 Å². The van der Waals surface area contributed by atoms with E-state index in [1.807, 2.05) is 24.1 Å². The van der Waals surface area contributed by atoms with Gasteiger partial charge in [0.15, 0.2) is 0 Å². The van der Waals surface area contributed by atoms with E-state index in [0.29, 0.717) is 17.4 Å². The Morgan fingerprint density at radius 3 is 2.57 bits per heavy atom. The average Bonchev–Trinajstić information content (AvgIpc) is 2.88. The fraction of sp³-hybridized carbons (Fsp3) is 0.440. The van der Waals surface area contributed by atoms with Crippen molar-refractivity contribution in [3.63, 3.8) is 0 Å². The Bertz CT molecular complexity index is 1080. The molecule has 5 nitrogen and oxygen atoms in total. The van der Waals surface area contributed by atoms with Gasteiger partial charge in [0.2, 0.25) is 0 Å². The Hall–Kier alpha value is -2.82. The minimum atomic E-state index is -1.04. The molecule has 1 spiro atoms. The number of fused-ring (bicyclic) bond motifs is 3. The van der Waals surface area contributed by atoms with Crippen LogP contribution in [0.4, 0.5) is 0 Å². The molecule has 2 N–H and O–H groups in total.